The van der Waals surface area contributed by atoms with Gasteiger partial charge in [-0.3, -0.25) is 0 Å². The lowest BCUT2D eigenvalue weighted by atomic mass is 10.2. The molecule has 5 heteroatoms. The zero-order valence-corrected chi connectivity index (χ0v) is 10.6. The van der Waals surface area contributed by atoms with Crippen LogP contribution < -0.4 is 5.32 Å². The number of nitrogens with one attached hydrogen (secondary N) is 1. The number of rotatable bonds is 5. The van der Waals surface area contributed by atoms with Crippen LogP contribution in [0.2, 0.25) is 0 Å². The predicted molar refractivity (Wildman–Crippen MR) is 66.3 cm³/mol. The fourth-order valence-electron chi connectivity index (χ4n) is 1.98. The number of hydrogen-bond acceptors (Lipinski definition) is 4. The van der Waals surface area contributed by atoms with Crippen LogP contribution in [-0.4, -0.2) is 29.8 Å². The lowest BCUT2D eigenvalue weighted by Crippen LogP contribution is -2.30. The molecule has 1 aromatic rings. The van der Waals surface area contributed by atoms with E-state index in [1.54, 1.807) is 11.3 Å². The maximum absolute atomic E-state index is 10.7. The Morgan fingerprint density at radius 3 is 3.12 bits per heavy atom. The number of thiophene rings is 1. The Labute approximate surface area is 105 Å². The minimum atomic E-state index is -0.848. The van der Waals surface area contributed by atoms with Crippen molar-refractivity contribution in [3.05, 3.63) is 22.4 Å². The number of carbonyl (C=O) groups is 1. The predicted octanol–water partition coefficient (Wildman–Crippen LogP) is 2.03. The van der Waals surface area contributed by atoms with Crippen LogP contribution in [0.5, 0.6) is 0 Å². The molecule has 0 radical (unpaired) electrons. The average Bonchev–Trinajstić information content (AvgIpc) is 2.97. The second kappa shape index (κ2) is 5.62. The van der Waals surface area contributed by atoms with Crippen molar-refractivity contribution in [2.45, 2.75) is 38.0 Å². The van der Waals surface area contributed by atoms with Crippen molar-refractivity contribution in [3.63, 3.8) is 0 Å². The smallest absolute Gasteiger partial charge is 0.332 e. The minimum Gasteiger partial charge on any atom is -0.479 e. The van der Waals surface area contributed by atoms with E-state index in [0.29, 0.717) is 19.0 Å². The zero-order chi connectivity index (χ0) is 12.3. The van der Waals surface area contributed by atoms with E-state index in [-0.39, 0.29) is 6.10 Å². The van der Waals surface area contributed by atoms with Gasteiger partial charge in [0.15, 0.2) is 6.10 Å². The third-order valence-electron chi connectivity index (χ3n) is 3.00. The summed E-state index contributed by atoms with van der Waals surface area (Å²) in [6, 6.07) is 4.42. The second-order valence-corrected chi connectivity index (χ2v) is 5.29. The maximum atomic E-state index is 10.7. The van der Waals surface area contributed by atoms with Crippen molar-refractivity contribution in [2.24, 2.45) is 0 Å². The van der Waals surface area contributed by atoms with Gasteiger partial charge in [0.25, 0.3) is 0 Å². The molecule has 0 saturated carbocycles. The quantitative estimate of drug-likeness (QED) is 0.845. The summed E-state index contributed by atoms with van der Waals surface area (Å²) in [4.78, 5) is 12.0. The summed E-state index contributed by atoms with van der Waals surface area (Å²) in [5.41, 5.74) is 0. The number of carboxylic acids is 1. The van der Waals surface area contributed by atoms with Crippen LogP contribution in [0.3, 0.4) is 0 Å². The highest BCUT2D eigenvalue weighted by Gasteiger charge is 2.30. The van der Waals surface area contributed by atoms with E-state index in [0.717, 1.165) is 6.42 Å². The van der Waals surface area contributed by atoms with Gasteiger partial charge in [-0.15, -0.1) is 11.3 Å². The summed E-state index contributed by atoms with van der Waals surface area (Å²) in [6.45, 7) is 2.82. The van der Waals surface area contributed by atoms with E-state index in [1.165, 1.54) is 4.88 Å². The fourth-order valence-corrected chi connectivity index (χ4v) is 2.74. The Balaban J connectivity index is 1.74. The molecule has 0 aliphatic carbocycles. The standard InChI is InChI=1S/C12H17NO3S/c1-8(11-3-2-6-17-11)13-7-9-4-5-10(16-9)12(14)15/h2-3,6,8-10,13H,4-5,7H2,1H3,(H,14,15)/t8-,9?,10?/m1/s1. The van der Waals surface area contributed by atoms with Gasteiger partial charge in [-0.05, 0) is 31.2 Å². The molecule has 2 heterocycles. The normalized spacial score (nSPS) is 25.9. The summed E-state index contributed by atoms with van der Waals surface area (Å²) >= 11 is 1.72. The summed E-state index contributed by atoms with van der Waals surface area (Å²) < 4.78 is 5.43. The molecule has 2 N–H and O–H groups in total. The molecular formula is C12H17NO3S. The molecule has 4 nitrogen and oxygen atoms in total. The monoisotopic (exact) mass is 255 g/mol. The molecule has 2 rings (SSSR count). The van der Waals surface area contributed by atoms with Crippen molar-refractivity contribution < 1.29 is 14.6 Å². The first-order valence-electron chi connectivity index (χ1n) is 5.82. The van der Waals surface area contributed by atoms with Crippen LogP contribution in [0, 0.1) is 0 Å². The van der Waals surface area contributed by atoms with E-state index >= 15 is 0 Å². The first-order valence-corrected chi connectivity index (χ1v) is 6.70. The van der Waals surface area contributed by atoms with Crippen molar-refractivity contribution in [1.82, 2.24) is 5.32 Å². The Kier molecular flexibility index (Phi) is 4.15. The summed E-state index contributed by atoms with van der Waals surface area (Å²) in [7, 11) is 0. The molecule has 94 valence electrons. The van der Waals surface area contributed by atoms with Crippen LogP contribution in [0.4, 0.5) is 0 Å². The molecule has 1 fully saturated rings. The van der Waals surface area contributed by atoms with Gasteiger partial charge in [-0.25, -0.2) is 4.79 Å². The van der Waals surface area contributed by atoms with Crippen molar-refractivity contribution >= 4 is 17.3 Å². The van der Waals surface area contributed by atoms with Gasteiger partial charge in [-0.1, -0.05) is 6.07 Å². The molecule has 1 aromatic heterocycles. The zero-order valence-electron chi connectivity index (χ0n) is 9.76. The molecular weight excluding hydrogens is 238 g/mol. The van der Waals surface area contributed by atoms with E-state index in [4.69, 9.17) is 9.84 Å². The van der Waals surface area contributed by atoms with Crippen LogP contribution in [-0.2, 0) is 9.53 Å². The molecule has 0 aromatic carbocycles. The lowest BCUT2D eigenvalue weighted by Gasteiger charge is -2.16. The molecule has 0 amide bonds. The van der Waals surface area contributed by atoms with Gasteiger partial charge in [0.2, 0.25) is 0 Å². The van der Waals surface area contributed by atoms with Crippen molar-refractivity contribution in [3.8, 4) is 0 Å². The second-order valence-electron chi connectivity index (χ2n) is 4.31. The molecule has 0 spiro atoms. The molecule has 1 aliphatic heterocycles. The van der Waals surface area contributed by atoms with Gasteiger partial charge in [-0.2, -0.15) is 0 Å². The largest absolute Gasteiger partial charge is 0.479 e. The molecule has 17 heavy (non-hydrogen) atoms. The number of carboxylic acid groups (broad SMARTS) is 1. The van der Waals surface area contributed by atoms with Gasteiger partial charge in [0.1, 0.15) is 0 Å². The molecule has 1 saturated heterocycles. The number of hydrogen-bond donors (Lipinski definition) is 2. The van der Waals surface area contributed by atoms with E-state index in [9.17, 15) is 4.79 Å². The highest BCUT2D eigenvalue weighted by Crippen LogP contribution is 2.22. The maximum Gasteiger partial charge on any atom is 0.332 e. The molecule has 1 aliphatic rings. The Morgan fingerprint density at radius 1 is 1.71 bits per heavy atom. The van der Waals surface area contributed by atoms with Crippen LogP contribution in [0.25, 0.3) is 0 Å². The third kappa shape index (κ3) is 3.28. The van der Waals surface area contributed by atoms with Crippen LogP contribution >= 0.6 is 11.3 Å². The van der Waals surface area contributed by atoms with E-state index < -0.39 is 12.1 Å². The lowest BCUT2D eigenvalue weighted by molar-refractivity contribution is -0.149. The van der Waals surface area contributed by atoms with Gasteiger partial charge in [0, 0.05) is 17.5 Å². The first kappa shape index (κ1) is 12.5. The van der Waals surface area contributed by atoms with Crippen molar-refractivity contribution in [1.29, 1.82) is 0 Å². The minimum absolute atomic E-state index is 0.0264. The topological polar surface area (TPSA) is 58.6 Å². The first-order chi connectivity index (χ1) is 8.16. The van der Waals surface area contributed by atoms with Gasteiger partial charge >= 0.3 is 5.97 Å². The number of aliphatic carboxylic acids is 1. The van der Waals surface area contributed by atoms with Crippen molar-refractivity contribution in [2.75, 3.05) is 6.54 Å². The van der Waals surface area contributed by atoms with Gasteiger partial charge in [0.05, 0.1) is 6.10 Å². The molecule has 3 atom stereocenters. The fraction of sp³-hybridized carbons (Fsp3) is 0.583. The summed E-state index contributed by atoms with van der Waals surface area (Å²) in [5, 5.41) is 14.2. The Morgan fingerprint density at radius 2 is 2.53 bits per heavy atom. The highest BCUT2D eigenvalue weighted by molar-refractivity contribution is 7.10. The van der Waals surface area contributed by atoms with Crippen LogP contribution in [0.1, 0.15) is 30.7 Å². The van der Waals surface area contributed by atoms with Crippen LogP contribution in [0.15, 0.2) is 17.5 Å². The Hall–Kier alpha value is -0.910. The highest BCUT2D eigenvalue weighted by atomic mass is 32.1. The average molecular weight is 255 g/mol. The number of ether oxygens (including phenoxy) is 1. The summed E-state index contributed by atoms with van der Waals surface area (Å²) in [5.74, 6) is -0.848. The van der Waals surface area contributed by atoms with E-state index in [2.05, 4.69) is 23.7 Å². The molecule has 0 bridgehead atoms. The SMILES string of the molecule is C[C@@H](NCC1CCC(C(=O)O)O1)c1cccs1. The molecule has 2 unspecified atom stereocenters. The Bertz CT molecular complexity index is 366. The summed E-state index contributed by atoms with van der Waals surface area (Å²) in [6.07, 6.45) is 0.855. The van der Waals surface area contributed by atoms with E-state index in [1.807, 2.05) is 6.07 Å². The van der Waals surface area contributed by atoms with Gasteiger partial charge < -0.3 is 15.2 Å². The third-order valence-corrected chi connectivity index (χ3v) is 4.06.